The molecular formula is C14H18O5. The average Bonchev–Trinajstić information content (AvgIpc) is 2.44. The highest BCUT2D eigenvalue weighted by Crippen LogP contribution is 2.31. The van der Waals surface area contributed by atoms with Gasteiger partial charge in [-0.2, -0.15) is 0 Å². The smallest absolute Gasteiger partial charge is 0.330 e. The van der Waals surface area contributed by atoms with E-state index in [1.54, 1.807) is 33.5 Å². The summed E-state index contributed by atoms with van der Waals surface area (Å²) >= 11 is 0. The third-order valence-electron chi connectivity index (χ3n) is 2.36. The summed E-state index contributed by atoms with van der Waals surface area (Å²) in [6, 6.07) is 5.42. The lowest BCUT2D eigenvalue weighted by atomic mass is 10.1. The number of hydrogen-bond donors (Lipinski definition) is 0. The van der Waals surface area contributed by atoms with E-state index in [1.165, 1.54) is 6.08 Å². The molecule has 0 aliphatic carbocycles. The van der Waals surface area contributed by atoms with Gasteiger partial charge in [-0.3, -0.25) is 0 Å². The van der Waals surface area contributed by atoms with Gasteiger partial charge in [-0.15, -0.1) is 0 Å². The molecule has 0 fully saturated rings. The van der Waals surface area contributed by atoms with Crippen LogP contribution in [-0.4, -0.2) is 40.5 Å². The number of para-hydroxylation sites is 1. The molecule has 1 rings (SSSR count). The summed E-state index contributed by atoms with van der Waals surface area (Å²) < 4.78 is 20.1. The van der Waals surface area contributed by atoms with Crippen LogP contribution in [0.3, 0.4) is 0 Å². The Hall–Kier alpha value is -2.01. The Morgan fingerprint density at radius 2 is 1.95 bits per heavy atom. The second kappa shape index (κ2) is 8.16. The molecule has 0 N–H and O–H groups in total. The summed E-state index contributed by atoms with van der Waals surface area (Å²) in [6.07, 6.45) is 2.96. The van der Waals surface area contributed by atoms with E-state index in [-0.39, 0.29) is 6.61 Å². The highest BCUT2D eigenvalue weighted by molar-refractivity contribution is 5.87. The van der Waals surface area contributed by atoms with Crippen molar-refractivity contribution in [1.82, 2.24) is 0 Å². The maximum absolute atomic E-state index is 11.4. The second-order valence-electron chi connectivity index (χ2n) is 3.58. The second-order valence-corrected chi connectivity index (χ2v) is 3.58. The van der Waals surface area contributed by atoms with Gasteiger partial charge in [0, 0.05) is 18.7 Å². The Morgan fingerprint density at radius 3 is 2.58 bits per heavy atom. The van der Waals surface area contributed by atoms with E-state index in [0.717, 1.165) is 5.56 Å². The molecule has 0 aliphatic heterocycles. The van der Waals surface area contributed by atoms with Crippen LogP contribution in [0.4, 0.5) is 0 Å². The van der Waals surface area contributed by atoms with Crippen LogP contribution in [0.2, 0.25) is 0 Å². The zero-order valence-corrected chi connectivity index (χ0v) is 11.3. The van der Waals surface area contributed by atoms with E-state index in [9.17, 15) is 4.79 Å². The molecule has 0 saturated carbocycles. The molecule has 0 spiro atoms. The minimum Gasteiger partial charge on any atom is -0.493 e. The highest BCUT2D eigenvalue weighted by Gasteiger charge is 2.07. The number of hydrogen-bond acceptors (Lipinski definition) is 5. The molecule has 1 aromatic carbocycles. The maximum Gasteiger partial charge on any atom is 0.330 e. The van der Waals surface area contributed by atoms with Crippen LogP contribution in [0.5, 0.6) is 11.5 Å². The maximum atomic E-state index is 11.4. The van der Waals surface area contributed by atoms with Gasteiger partial charge >= 0.3 is 5.97 Å². The molecule has 0 bridgehead atoms. The van der Waals surface area contributed by atoms with Crippen LogP contribution in [0.15, 0.2) is 24.3 Å². The Bertz CT molecular complexity index is 439. The SMILES string of the molecule is COCCOC(=O)/C=C\c1cccc(OC)c1OC. The van der Waals surface area contributed by atoms with Gasteiger partial charge < -0.3 is 18.9 Å². The number of carbonyl (C=O) groups is 1. The summed E-state index contributed by atoms with van der Waals surface area (Å²) in [7, 11) is 4.65. The van der Waals surface area contributed by atoms with Crippen molar-refractivity contribution in [2.24, 2.45) is 0 Å². The van der Waals surface area contributed by atoms with Crippen molar-refractivity contribution in [3.05, 3.63) is 29.8 Å². The summed E-state index contributed by atoms with van der Waals surface area (Å²) in [5.41, 5.74) is 0.741. The Labute approximate surface area is 112 Å². The topological polar surface area (TPSA) is 54.0 Å². The van der Waals surface area contributed by atoms with Crippen molar-refractivity contribution in [3.8, 4) is 11.5 Å². The molecule has 0 aromatic heterocycles. The average molecular weight is 266 g/mol. The monoisotopic (exact) mass is 266 g/mol. The van der Waals surface area contributed by atoms with E-state index in [1.807, 2.05) is 12.1 Å². The zero-order chi connectivity index (χ0) is 14.1. The molecule has 0 atom stereocenters. The Morgan fingerprint density at radius 1 is 1.16 bits per heavy atom. The van der Waals surface area contributed by atoms with Gasteiger partial charge in [-0.05, 0) is 12.1 Å². The third kappa shape index (κ3) is 4.63. The Kier molecular flexibility index (Phi) is 6.46. The van der Waals surface area contributed by atoms with E-state index in [0.29, 0.717) is 18.1 Å². The van der Waals surface area contributed by atoms with Gasteiger partial charge in [0.1, 0.15) is 6.61 Å². The van der Waals surface area contributed by atoms with E-state index < -0.39 is 5.97 Å². The van der Waals surface area contributed by atoms with Crippen LogP contribution in [0.1, 0.15) is 5.56 Å². The molecule has 5 heteroatoms. The first-order valence-corrected chi connectivity index (χ1v) is 5.77. The van der Waals surface area contributed by atoms with E-state index in [2.05, 4.69) is 0 Å². The first-order valence-electron chi connectivity index (χ1n) is 5.77. The van der Waals surface area contributed by atoms with Gasteiger partial charge in [0.05, 0.1) is 20.8 Å². The number of carbonyl (C=O) groups excluding carboxylic acids is 1. The van der Waals surface area contributed by atoms with Gasteiger partial charge in [0.25, 0.3) is 0 Å². The minimum absolute atomic E-state index is 0.231. The largest absolute Gasteiger partial charge is 0.493 e. The van der Waals surface area contributed by atoms with Gasteiger partial charge in [0.15, 0.2) is 11.5 Å². The van der Waals surface area contributed by atoms with Crippen molar-refractivity contribution >= 4 is 12.0 Å². The summed E-state index contributed by atoms with van der Waals surface area (Å²) in [4.78, 5) is 11.4. The van der Waals surface area contributed by atoms with Crippen LogP contribution in [-0.2, 0) is 14.3 Å². The standard InChI is InChI=1S/C14H18O5/c1-16-9-10-19-13(15)8-7-11-5-4-6-12(17-2)14(11)18-3/h4-8H,9-10H2,1-3H3/b8-7-. The highest BCUT2D eigenvalue weighted by atomic mass is 16.6. The lowest BCUT2D eigenvalue weighted by Crippen LogP contribution is -2.06. The lowest BCUT2D eigenvalue weighted by molar-refractivity contribution is -0.138. The quantitative estimate of drug-likeness (QED) is 0.428. The van der Waals surface area contributed by atoms with Gasteiger partial charge in [-0.1, -0.05) is 12.1 Å². The van der Waals surface area contributed by atoms with Gasteiger partial charge in [-0.25, -0.2) is 4.79 Å². The van der Waals surface area contributed by atoms with E-state index >= 15 is 0 Å². The van der Waals surface area contributed by atoms with Crippen molar-refractivity contribution in [3.63, 3.8) is 0 Å². The molecule has 0 radical (unpaired) electrons. The molecule has 0 heterocycles. The van der Waals surface area contributed by atoms with Crippen molar-refractivity contribution < 1.29 is 23.7 Å². The summed E-state index contributed by atoms with van der Waals surface area (Å²) in [5, 5.41) is 0. The third-order valence-corrected chi connectivity index (χ3v) is 2.36. The molecule has 1 aromatic rings. The minimum atomic E-state index is -0.429. The van der Waals surface area contributed by atoms with Crippen LogP contribution >= 0.6 is 0 Å². The number of methoxy groups -OCH3 is 3. The number of ether oxygens (including phenoxy) is 4. The van der Waals surface area contributed by atoms with Crippen molar-refractivity contribution in [2.75, 3.05) is 34.5 Å². The molecule has 0 saturated heterocycles. The summed E-state index contributed by atoms with van der Waals surface area (Å²) in [5.74, 6) is 0.755. The predicted octanol–water partition coefficient (Wildman–Crippen LogP) is 1.91. The van der Waals surface area contributed by atoms with Crippen LogP contribution in [0.25, 0.3) is 6.08 Å². The molecular weight excluding hydrogens is 248 g/mol. The van der Waals surface area contributed by atoms with Crippen LogP contribution < -0.4 is 9.47 Å². The molecule has 104 valence electrons. The van der Waals surface area contributed by atoms with Crippen molar-refractivity contribution in [2.45, 2.75) is 0 Å². The molecule has 19 heavy (non-hydrogen) atoms. The van der Waals surface area contributed by atoms with E-state index in [4.69, 9.17) is 18.9 Å². The molecule has 0 amide bonds. The molecule has 0 aliphatic rings. The van der Waals surface area contributed by atoms with Crippen LogP contribution in [0, 0.1) is 0 Å². The first kappa shape index (κ1) is 15.0. The molecule has 5 nitrogen and oxygen atoms in total. The Balaban J connectivity index is 2.73. The predicted molar refractivity (Wildman–Crippen MR) is 71.4 cm³/mol. The molecule has 0 unspecified atom stereocenters. The number of rotatable bonds is 7. The first-order chi connectivity index (χ1) is 9.22. The number of benzene rings is 1. The summed E-state index contributed by atoms with van der Waals surface area (Å²) in [6.45, 7) is 0.608. The normalized spacial score (nSPS) is 10.5. The fourth-order valence-corrected chi connectivity index (χ4v) is 1.47. The van der Waals surface area contributed by atoms with Gasteiger partial charge in [0.2, 0.25) is 0 Å². The fraction of sp³-hybridized carbons (Fsp3) is 0.357. The number of esters is 1. The van der Waals surface area contributed by atoms with Crippen molar-refractivity contribution in [1.29, 1.82) is 0 Å². The zero-order valence-electron chi connectivity index (χ0n) is 11.3. The fourth-order valence-electron chi connectivity index (χ4n) is 1.47. The lowest BCUT2D eigenvalue weighted by Gasteiger charge is -2.09.